The van der Waals surface area contributed by atoms with Crippen LogP contribution >= 0.6 is 0 Å². The molecule has 2 aromatic carbocycles. The van der Waals surface area contributed by atoms with Crippen LogP contribution in [-0.2, 0) is 4.79 Å². The van der Waals surface area contributed by atoms with Crippen LogP contribution in [0.4, 0.5) is 8.78 Å². The average molecular weight is 343 g/mol. The number of hydrogen-bond acceptors (Lipinski definition) is 3. The lowest BCUT2D eigenvalue weighted by Crippen LogP contribution is -2.09. The van der Waals surface area contributed by atoms with E-state index in [-0.39, 0.29) is 17.9 Å². The maximum atomic E-state index is 14.2. The summed E-state index contributed by atoms with van der Waals surface area (Å²) >= 11 is 0. The van der Waals surface area contributed by atoms with E-state index in [0.717, 1.165) is 5.56 Å². The quantitative estimate of drug-likeness (QED) is 0.739. The van der Waals surface area contributed by atoms with E-state index in [2.05, 4.69) is 4.98 Å². The van der Waals surface area contributed by atoms with Gasteiger partial charge in [0.15, 0.2) is 0 Å². The molecule has 1 heterocycles. The number of carboxylic acid groups (broad SMARTS) is 1. The maximum absolute atomic E-state index is 14.2. The zero-order valence-corrected chi connectivity index (χ0v) is 13.4. The Morgan fingerprint density at radius 2 is 2.04 bits per heavy atom. The first-order valence-electron chi connectivity index (χ1n) is 7.62. The van der Waals surface area contributed by atoms with Crippen LogP contribution in [0.15, 0.2) is 53.3 Å². The molecule has 0 fully saturated rings. The minimum atomic E-state index is -1.07. The Bertz CT molecular complexity index is 907. The largest absolute Gasteiger partial charge is 0.481 e. The number of aromatic nitrogens is 1. The summed E-state index contributed by atoms with van der Waals surface area (Å²) in [7, 11) is 0. The lowest BCUT2D eigenvalue weighted by molar-refractivity contribution is -0.137. The van der Waals surface area contributed by atoms with E-state index in [1.54, 1.807) is 18.2 Å². The molecule has 3 aromatic rings. The van der Waals surface area contributed by atoms with E-state index < -0.39 is 23.5 Å². The summed E-state index contributed by atoms with van der Waals surface area (Å²) in [5.74, 6) is -2.74. The van der Waals surface area contributed by atoms with Gasteiger partial charge >= 0.3 is 5.97 Å². The molecule has 0 amide bonds. The predicted octanol–water partition coefficient (Wildman–Crippen LogP) is 4.53. The molecule has 1 atom stereocenters. The maximum Gasteiger partial charge on any atom is 0.304 e. The molecule has 1 N–H and O–H groups in total. The minimum absolute atomic E-state index is 0.170. The Balaban J connectivity index is 2.12. The van der Waals surface area contributed by atoms with Crippen LogP contribution in [0.5, 0.6) is 0 Å². The first-order chi connectivity index (χ1) is 11.9. The highest BCUT2D eigenvalue weighted by Crippen LogP contribution is 2.32. The Morgan fingerprint density at radius 3 is 2.72 bits per heavy atom. The molecule has 128 valence electrons. The summed E-state index contributed by atoms with van der Waals surface area (Å²) in [5.41, 5.74) is 1.78. The monoisotopic (exact) mass is 343 g/mol. The van der Waals surface area contributed by atoms with Gasteiger partial charge in [0.1, 0.15) is 17.9 Å². The zero-order chi connectivity index (χ0) is 18.0. The van der Waals surface area contributed by atoms with Gasteiger partial charge in [-0.25, -0.2) is 13.8 Å². The van der Waals surface area contributed by atoms with Crippen molar-refractivity contribution < 1.29 is 23.1 Å². The smallest absolute Gasteiger partial charge is 0.304 e. The Hall–Kier alpha value is -3.02. The molecule has 0 aliphatic carbocycles. The number of hydrogen-bond donors (Lipinski definition) is 1. The number of benzene rings is 2. The molecular formula is C19H15F2NO3. The molecule has 25 heavy (non-hydrogen) atoms. The lowest BCUT2D eigenvalue weighted by Gasteiger charge is -2.14. The van der Waals surface area contributed by atoms with Crippen LogP contribution < -0.4 is 0 Å². The van der Waals surface area contributed by atoms with Gasteiger partial charge < -0.3 is 9.52 Å². The first-order valence-corrected chi connectivity index (χ1v) is 7.62. The Morgan fingerprint density at radius 1 is 1.24 bits per heavy atom. The average Bonchev–Trinajstić information content (AvgIpc) is 3.08. The van der Waals surface area contributed by atoms with Crippen molar-refractivity contribution in [2.45, 2.75) is 19.3 Å². The van der Waals surface area contributed by atoms with Gasteiger partial charge in [-0.05, 0) is 42.3 Å². The zero-order valence-electron chi connectivity index (χ0n) is 13.4. The Kier molecular flexibility index (Phi) is 4.61. The van der Waals surface area contributed by atoms with Crippen LogP contribution in [0.3, 0.4) is 0 Å². The second-order valence-electron chi connectivity index (χ2n) is 5.78. The summed E-state index contributed by atoms with van der Waals surface area (Å²) in [6, 6.07) is 8.56. The van der Waals surface area contributed by atoms with Crippen molar-refractivity contribution in [3.05, 3.63) is 77.5 Å². The third-order valence-corrected chi connectivity index (χ3v) is 3.88. The lowest BCUT2D eigenvalue weighted by atomic mass is 9.91. The highest BCUT2D eigenvalue weighted by molar-refractivity contribution is 5.70. The topological polar surface area (TPSA) is 63.3 Å². The number of rotatable bonds is 5. The van der Waals surface area contributed by atoms with Gasteiger partial charge in [-0.2, -0.15) is 0 Å². The number of halogens is 2. The molecule has 6 heteroatoms. The second-order valence-corrected chi connectivity index (χ2v) is 5.78. The third-order valence-electron chi connectivity index (χ3n) is 3.88. The Labute approximate surface area is 142 Å². The van der Waals surface area contributed by atoms with Gasteiger partial charge in [0.25, 0.3) is 0 Å². The minimum Gasteiger partial charge on any atom is -0.481 e. The molecule has 1 aromatic heterocycles. The SMILES string of the molecule is Cc1ccc(F)c(-c2cc(F)cc(C(CC(=O)O)c3ncco3)c2)c1. The van der Waals surface area contributed by atoms with Crippen molar-refractivity contribution in [1.29, 1.82) is 0 Å². The van der Waals surface area contributed by atoms with E-state index in [0.29, 0.717) is 11.1 Å². The summed E-state index contributed by atoms with van der Waals surface area (Å²) in [5, 5.41) is 9.16. The highest BCUT2D eigenvalue weighted by Gasteiger charge is 2.23. The normalized spacial score (nSPS) is 12.1. The van der Waals surface area contributed by atoms with Crippen molar-refractivity contribution in [1.82, 2.24) is 4.98 Å². The molecule has 0 aliphatic heterocycles. The van der Waals surface area contributed by atoms with E-state index in [1.807, 2.05) is 6.92 Å². The van der Waals surface area contributed by atoms with Crippen molar-refractivity contribution in [3.8, 4) is 11.1 Å². The van der Waals surface area contributed by atoms with Crippen molar-refractivity contribution >= 4 is 5.97 Å². The molecule has 1 unspecified atom stereocenters. The summed E-state index contributed by atoms with van der Waals surface area (Å²) in [6.07, 6.45) is 2.40. The van der Waals surface area contributed by atoms with Gasteiger partial charge in [-0.15, -0.1) is 0 Å². The van der Waals surface area contributed by atoms with Gasteiger partial charge in [0.2, 0.25) is 5.89 Å². The van der Waals surface area contributed by atoms with Crippen molar-refractivity contribution in [3.63, 3.8) is 0 Å². The van der Waals surface area contributed by atoms with Crippen LogP contribution in [0.25, 0.3) is 11.1 Å². The van der Waals surface area contributed by atoms with E-state index in [1.165, 1.54) is 30.7 Å². The number of nitrogens with zero attached hydrogens (tertiary/aromatic N) is 1. The van der Waals surface area contributed by atoms with Gasteiger partial charge in [-0.3, -0.25) is 4.79 Å². The molecule has 4 nitrogen and oxygen atoms in total. The predicted molar refractivity (Wildman–Crippen MR) is 87.1 cm³/mol. The number of carboxylic acids is 1. The molecule has 0 spiro atoms. The number of oxazole rings is 1. The van der Waals surface area contributed by atoms with Crippen LogP contribution in [0, 0.1) is 18.6 Å². The van der Waals surface area contributed by atoms with E-state index in [4.69, 9.17) is 9.52 Å². The fourth-order valence-corrected chi connectivity index (χ4v) is 2.76. The van der Waals surface area contributed by atoms with E-state index >= 15 is 0 Å². The van der Waals surface area contributed by atoms with Crippen LogP contribution in [0.1, 0.15) is 29.4 Å². The molecule has 0 aliphatic rings. The van der Waals surface area contributed by atoms with Crippen molar-refractivity contribution in [2.75, 3.05) is 0 Å². The fraction of sp³-hybridized carbons (Fsp3) is 0.158. The molecule has 0 saturated carbocycles. The molecule has 0 saturated heterocycles. The van der Waals surface area contributed by atoms with Crippen molar-refractivity contribution in [2.24, 2.45) is 0 Å². The molecular weight excluding hydrogens is 328 g/mol. The van der Waals surface area contributed by atoms with Crippen LogP contribution in [-0.4, -0.2) is 16.1 Å². The fourth-order valence-electron chi connectivity index (χ4n) is 2.76. The summed E-state index contributed by atoms with van der Waals surface area (Å²) < 4.78 is 33.5. The standard InChI is InChI=1S/C19H15F2NO3/c1-11-2-3-17(21)15(6-11)12-7-13(9-14(20)8-12)16(10-18(23)24)19-22-4-5-25-19/h2-9,16H,10H2,1H3,(H,23,24). The molecule has 0 bridgehead atoms. The summed E-state index contributed by atoms with van der Waals surface area (Å²) in [4.78, 5) is 15.2. The van der Waals surface area contributed by atoms with E-state index in [9.17, 15) is 13.6 Å². The van der Waals surface area contributed by atoms with Crippen LogP contribution in [0.2, 0.25) is 0 Å². The van der Waals surface area contributed by atoms with Gasteiger partial charge in [0, 0.05) is 5.56 Å². The number of carbonyl (C=O) groups is 1. The van der Waals surface area contributed by atoms with Gasteiger partial charge in [-0.1, -0.05) is 17.7 Å². The summed E-state index contributed by atoms with van der Waals surface area (Å²) in [6.45, 7) is 1.81. The number of aliphatic carboxylic acids is 1. The molecule has 3 rings (SSSR count). The highest BCUT2D eigenvalue weighted by atomic mass is 19.1. The first kappa shape index (κ1) is 16.8. The van der Waals surface area contributed by atoms with Gasteiger partial charge in [0.05, 0.1) is 18.5 Å². The molecule has 0 radical (unpaired) electrons. The third kappa shape index (κ3) is 3.74. The number of aryl methyl sites for hydroxylation is 1. The second kappa shape index (κ2) is 6.84.